The molecule has 0 amide bonds. The second kappa shape index (κ2) is 6.06. The molecule has 1 unspecified atom stereocenters. The number of hydrogen-bond acceptors (Lipinski definition) is 3. The third-order valence-corrected chi connectivity index (χ3v) is 2.88. The fourth-order valence-corrected chi connectivity index (χ4v) is 1.94. The number of nitrogens with zero attached hydrogens (tertiary/aromatic N) is 1. The van der Waals surface area contributed by atoms with Crippen molar-refractivity contribution in [2.75, 3.05) is 20.6 Å². The van der Waals surface area contributed by atoms with E-state index in [9.17, 15) is 0 Å². The summed E-state index contributed by atoms with van der Waals surface area (Å²) in [6.07, 6.45) is 0. The number of aryl methyl sites for hydroxylation is 1. The van der Waals surface area contributed by atoms with Crippen molar-refractivity contribution in [1.29, 1.82) is 0 Å². The molecule has 0 spiro atoms. The Morgan fingerprint density at radius 1 is 1.31 bits per heavy atom. The summed E-state index contributed by atoms with van der Waals surface area (Å²) in [5, 5.41) is 3.44. The predicted octanol–water partition coefficient (Wildman–Crippen LogP) is 2.26. The highest BCUT2D eigenvalue weighted by molar-refractivity contribution is 5.05. The Hall–Kier alpha value is -0.800. The first kappa shape index (κ1) is 13.3. The van der Waals surface area contributed by atoms with Gasteiger partial charge in [-0.2, -0.15) is 0 Å². The number of furan rings is 1. The lowest BCUT2D eigenvalue weighted by molar-refractivity contribution is 0.222. The monoisotopic (exact) mass is 224 g/mol. The molecule has 0 aliphatic carbocycles. The molecular weight excluding hydrogens is 200 g/mol. The molecule has 0 radical (unpaired) electrons. The lowest BCUT2D eigenvalue weighted by Gasteiger charge is -2.28. The summed E-state index contributed by atoms with van der Waals surface area (Å²) in [4.78, 5) is 2.27. The Morgan fingerprint density at radius 3 is 2.44 bits per heavy atom. The molecule has 3 heteroatoms. The molecular formula is C13H24N2O. The largest absolute Gasteiger partial charge is 0.465 e. The van der Waals surface area contributed by atoms with Crippen molar-refractivity contribution in [1.82, 2.24) is 10.2 Å². The first-order chi connectivity index (χ1) is 7.50. The average molecular weight is 224 g/mol. The highest BCUT2D eigenvalue weighted by Gasteiger charge is 2.14. The third-order valence-electron chi connectivity index (χ3n) is 2.88. The van der Waals surface area contributed by atoms with Crippen LogP contribution in [0.1, 0.15) is 25.4 Å². The second-order valence-electron chi connectivity index (χ2n) is 4.92. The average Bonchev–Trinajstić information content (AvgIpc) is 2.57. The zero-order valence-corrected chi connectivity index (χ0v) is 11.1. The van der Waals surface area contributed by atoms with E-state index in [1.54, 1.807) is 0 Å². The summed E-state index contributed by atoms with van der Waals surface area (Å²) >= 11 is 0. The Morgan fingerprint density at radius 2 is 2.00 bits per heavy atom. The van der Waals surface area contributed by atoms with Crippen LogP contribution in [-0.2, 0) is 6.54 Å². The Balaban J connectivity index is 2.33. The molecule has 3 nitrogen and oxygen atoms in total. The van der Waals surface area contributed by atoms with E-state index in [0.717, 1.165) is 24.6 Å². The van der Waals surface area contributed by atoms with Crippen LogP contribution in [0.4, 0.5) is 0 Å². The second-order valence-corrected chi connectivity index (χ2v) is 4.92. The van der Waals surface area contributed by atoms with Crippen LogP contribution in [0.25, 0.3) is 0 Å². The fourth-order valence-electron chi connectivity index (χ4n) is 1.94. The predicted molar refractivity (Wildman–Crippen MR) is 67.5 cm³/mol. The smallest absolute Gasteiger partial charge is 0.117 e. The van der Waals surface area contributed by atoms with Crippen molar-refractivity contribution in [3.8, 4) is 0 Å². The van der Waals surface area contributed by atoms with Gasteiger partial charge >= 0.3 is 0 Å². The first-order valence-corrected chi connectivity index (χ1v) is 5.93. The molecule has 0 saturated heterocycles. The van der Waals surface area contributed by atoms with Gasteiger partial charge in [-0.3, -0.25) is 0 Å². The van der Waals surface area contributed by atoms with E-state index in [2.05, 4.69) is 38.2 Å². The fraction of sp³-hybridized carbons (Fsp3) is 0.692. The molecule has 0 fully saturated rings. The van der Waals surface area contributed by atoms with Gasteiger partial charge in [-0.05, 0) is 39.1 Å². The van der Waals surface area contributed by atoms with Crippen LogP contribution in [0.2, 0.25) is 0 Å². The number of likely N-dealkylation sites (N-methyl/N-ethyl adjacent to an activating group) is 1. The van der Waals surface area contributed by atoms with E-state index in [1.165, 1.54) is 0 Å². The van der Waals surface area contributed by atoms with Gasteiger partial charge in [0.1, 0.15) is 11.5 Å². The van der Waals surface area contributed by atoms with Gasteiger partial charge in [0.25, 0.3) is 0 Å². The summed E-state index contributed by atoms with van der Waals surface area (Å²) in [6, 6.07) is 4.60. The van der Waals surface area contributed by atoms with Crippen LogP contribution in [0, 0.1) is 12.8 Å². The molecule has 0 bridgehead atoms. The number of nitrogens with one attached hydrogen (secondary N) is 1. The zero-order valence-electron chi connectivity index (χ0n) is 11.1. The van der Waals surface area contributed by atoms with Crippen molar-refractivity contribution >= 4 is 0 Å². The molecule has 1 aromatic rings. The lowest BCUT2D eigenvalue weighted by atomic mass is 10.0. The highest BCUT2D eigenvalue weighted by atomic mass is 16.3. The molecule has 1 atom stereocenters. The number of rotatable bonds is 6. The van der Waals surface area contributed by atoms with E-state index < -0.39 is 0 Å². The Labute approximate surface area is 98.8 Å². The Kier molecular flexibility index (Phi) is 5.03. The molecule has 0 saturated carbocycles. The summed E-state index contributed by atoms with van der Waals surface area (Å²) in [5.74, 6) is 2.64. The molecule has 0 aliphatic rings. The summed E-state index contributed by atoms with van der Waals surface area (Å²) in [6.45, 7) is 8.28. The van der Waals surface area contributed by atoms with E-state index in [-0.39, 0.29) is 0 Å². The van der Waals surface area contributed by atoms with Gasteiger partial charge in [0.2, 0.25) is 0 Å². The molecule has 1 heterocycles. The van der Waals surface area contributed by atoms with Crippen molar-refractivity contribution in [2.45, 2.75) is 33.4 Å². The summed E-state index contributed by atoms with van der Waals surface area (Å²) < 4.78 is 5.51. The van der Waals surface area contributed by atoms with Crippen LogP contribution < -0.4 is 5.32 Å². The maximum absolute atomic E-state index is 5.51. The van der Waals surface area contributed by atoms with Gasteiger partial charge in [-0.1, -0.05) is 13.8 Å². The minimum Gasteiger partial charge on any atom is -0.465 e. The van der Waals surface area contributed by atoms with Crippen molar-refractivity contribution in [2.24, 2.45) is 5.92 Å². The van der Waals surface area contributed by atoms with Gasteiger partial charge in [0, 0.05) is 12.6 Å². The van der Waals surface area contributed by atoms with Crippen molar-refractivity contribution in [3.63, 3.8) is 0 Å². The molecule has 1 N–H and O–H groups in total. The van der Waals surface area contributed by atoms with E-state index >= 15 is 0 Å². The SMILES string of the molecule is Cc1ccc(CNCC(C(C)C)N(C)C)o1. The van der Waals surface area contributed by atoms with Gasteiger partial charge in [0.05, 0.1) is 6.54 Å². The van der Waals surface area contributed by atoms with Crippen LogP contribution >= 0.6 is 0 Å². The van der Waals surface area contributed by atoms with E-state index in [0.29, 0.717) is 12.0 Å². The Bertz CT molecular complexity index is 297. The standard InChI is InChI=1S/C13H24N2O/c1-10(2)13(15(4)5)9-14-8-12-7-6-11(3)16-12/h6-7,10,13-14H,8-9H2,1-5H3. The highest BCUT2D eigenvalue weighted by Crippen LogP contribution is 2.08. The molecule has 0 aliphatic heterocycles. The number of hydrogen-bond donors (Lipinski definition) is 1. The molecule has 1 rings (SSSR count). The van der Waals surface area contributed by atoms with Gasteiger partial charge in [0.15, 0.2) is 0 Å². The van der Waals surface area contributed by atoms with Crippen LogP contribution in [0.3, 0.4) is 0 Å². The van der Waals surface area contributed by atoms with Crippen LogP contribution in [0.15, 0.2) is 16.5 Å². The maximum Gasteiger partial charge on any atom is 0.117 e. The molecule has 1 aromatic heterocycles. The molecule has 92 valence electrons. The minimum absolute atomic E-state index is 0.566. The lowest BCUT2D eigenvalue weighted by Crippen LogP contribution is -2.41. The van der Waals surface area contributed by atoms with Gasteiger partial charge in [-0.15, -0.1) is 0 Å². The quantitative estimate of drug-likeness (QED) is 0.803. The maximum atomic E-state index is 5.51. The van der Waals surface area contributed by atoms with Crippen molar-refractivity contribution in [3.05, 3.63) is 23.7 Å². The van der Waals surface area contributed by atoms with Crippen molar-refractivity contribution < 1.29 is 4.42 Å². The van der Waals surface area contributed by atoms with Gasteiger partial charge < -0.3 is 14.6 Å². The van der Waals surface area contributed by atoms with Crippen LogP contribution in [-0.4, -0.2) is 31.6 Å². The summed E-state index contributed by atoms with van der Waals surface area (Å²) in [7, 11) is 4.26. The summed E-state index contributed by atoms with van der Waals surface area (Å²) in [5.41, 5.74) is 0. The van der Waals surface area contributed by atoms with E-state index in [4.69, 9.17) is 4.42 Å². The minimum atomic E-state index is 0.566. The zero-order chi connectivity index (χ0) is 12.1. The van der Waals surface area contributed by atoms with Gasteiger partial charge in [-0.25, -0.2) is 0 Å². The third kappa shape index (κ3) is 3.99. The van der Waals surface area contributed by atoms with E-state index in [1.807, 2.05) is 19.1 Å². The van der Waals surface area contributed by atoms with Crippen LogP contribution in [0.5, 0.6) is 0 Å². The topological polar surface area (TPSA) is 28.4 Å². The normalized spacial score (nSPS) is 13.7. The first-order valence-electron chi connectivity index (χ1n) is 5.93. The molecule has 0 aromatic carbocycles. The molecule has 16 heavy (non-hydrogen) atoms.